The summed E-state index contributed by atoms with van der Waals surface area (Å²) < 4.78 is 7.63. The Morgan fingerprint density at radius 2 is 2.20 bits per heavy atom. The van der Waals surface area contributed by atoms with Crippen LogP contribution in [0.2, 0.25) is 0 Å². The highest BCUT2D eigenvalue weighted by Crippen LogP contribution is 2.14. The summed E-state index contributed by atoms with van der Waals surface area (Å²) in [4.78, 5) is 0. The molecule has 1 aromatic heterocycles. The second kappa shape index (κ2) is 7.05. The number of nitrogens with one attached hydrogen (secondary N) is 1. The molecule has 0 unspecified atom stereocenters. The van der Waals surface area contributed by atoms with E-state index in [0.717, 1.165) is 31.1 Å². The van der Waals surface area contributed by atoms with Crippen molar-refractivity contribution in [1.29, 1.82) is 0 Å². The molecule has 0 bridgehead atoms. The molecule has 1 aromatic carbocycles. The summed E-state index contributed by atoms with van der Waals surface area (Å²) in [6.45, 7) is 5.77. The SMILES string of the molecule is CC(C)Oc1cccc(CNCCc2nncn2C)c1. The Morgan fingerprint density at radius 1 is 1.35 bits per heavy atom. The molecule has 0 atom stereocenters. The van der Waals surface area contributed by atoms with Gasteiger partial charge in [-0.15, -0.1) is 10.2 Å². The van der Waals surface area contributed by atoms with E-state index in [1.54, 1.807) is 6.33 Å². The van der Waals surface area contributed by atoms with E-state index in [4.69, 9.17) is 4.74 Å². The van der Waals surface area contributed by atoms with E-state index in [-0.39, 0.29) is 6.10 Å². The fourth-order valence-corrected chi connectivity index (χ4v) is 1.97. The molecule has 0 aliphatic carbocycles. The van der Waals surface area contributed by atoms with Gasteiger partial charge in [0.1, 0.15) is 17.9 Å². The highest BCUT2D eigenvalue weighted by Gasteiger charge is 2.01. The van der Waals surface area contributed by atoms with Crippen LogP contribution in [0.1, 0.15) is 25.2 Å². The smallest absolute Gasteiger partial charge is 0.133 e. The molecular weight excluding hydrogens is 252 g/mol. The highest BCUT2D eigenvalue weighted by molar-refractivity contribution is 5.28. The van der Waals surface area contributed by atoms with Crippen LogP contribution >= 0.6 is 0 Å². The number of rotatable bonds is 7. The molecule has 0 amide bonds. The molecule has 2 rings (SSSR count). The number of nitrogens with zero attached hydrogens (tertiary/aromatic N) is 3. The van der Waals surface area contributed by atoms with Crippen molar-refractivity contribution in [2.24, 2.45) is 7.05 Å². The third-order valence-electron chi connectivity index (χ3n) is 2.93. The molecule has 2 aromatic rings. The molecule has 5 heteroatoms. The van der Waals surface area contributed by atoms with Gasteiger partial charge in [0, 0.05) is 26.6 Å². The Hall–Kier alpha value is -1.88. The average Bonchev–Trinajstić information content (AvgIpc) is 2.80. The predicted octanol–water partition coefficient (Wildman–Crippen LogP) is 1.93. The second-order valence-corrected chi connectivity index (χ2v) is 5.10. The lowest BCUT2D eigenvalue weighted by Crippen LogP contribution is -2.18. The Bertz CT molecular complexity index is 536. The normalized spacial score (nSPS) is 11.0. The Balaban J connectivity index is 1.78. The molecule has 0 saturated carbocycles. The maximum Gasteiger partial charge on any atom is 0.133 e. The van der Waals surface area contributed by atoms with Crippen molar-refractivity contribution in [3.8, 4) is 5.75 Å². The minimum absolute atomic E-state index is 0.203. The first kappa shape index (κ1) is 14.5. The molecule has 0 spiro atoms. The molecule has 0 aliphatic rings. The van der Waals surface area contributed by atoms with Crippen molar-refractivity contribution >= 4 is 0 Å². The molecule has 108 valence electrons. The number of aromatic nitrogens is 3. The van der Waals surface area contributed by atoms with Gasteiger partial charge in [-0.2, -0.15) is 0 Å². The lowest BCUT2D eigenvalue weighted by molar-refractivity contribution is 0.242. The van der Waals surface area contributed by atoms with Crippen molar-refractivity contribution < 1.29 is 4.74 Å². The monoisotopic (exact) mass is 274 g/mol. The van der Waals surface area contributed by atoms with Gasteiger partial charge in [0.25, 0.3) is 0 Å². The lowest BCUT2D eigenvalue weighted by atomic mass is 10.2. The van der Waals surface area contributed by atoms with Crippen LogP contribution in [0, 0.1) is 0 Å². The van der Waals surface area contributed by atoms with E-state index in [9.17, 15) is 0 Å². The summed E-state index contributed by atoms with van der Waals surface area (Å²) in [6.07, 6.45) is 2.80. The summed E-state index contributed by atoms with van der Waals surface area (Å²) in [5, 5.41) is 11.3. The maximum atomic E-state index is 5.69. The quantitative estimate of drug-likeness (QED) is 0.784. The minimum Gasteiger partial charge on any atom is -0.491 e. The number of benzene rings is 1. The van der Waals surface area contributed by atoms with Crippen molar-refractivity contribution in [2.45, 2.75) is 32.9 Å². The van der Waals surface area contributed by atoms with Crippen LogP contribution in [0.3, 0.4) is 0 Å². The summed E-state index contributed by atoms with van der Waals surface area (Å²) in [5.41, 5.74) is 1.22. The van der Waals surface area contributed by atoms with Gasteiger partial charge in [-0.25, -0.2) is 0 Å². The van der Waals surface area contributed by atoms with Gasteiger partial charge in [0.15, 0.2) is 0 Å². The van der Waals surface area contributed by atoms with Crippen LogP contribution in [-0.4, -0.2) is 27.4 Å². The molecule has 20 heavy (non-hydrogen) atoms. The van der Waals surface area contributed by atoms with Crippen molar-refractivity contribution in [3.63, 3.8) is 0 Å². The molecule has 5 nitrogen and oxygen atoms in total. The van der Waals surface area contributed by atoms with Gasteiger partial charge in [0.2, 0.25) is 0 Å². The third-order valence-corrected chi connectivity index (χ3v) is 2.93. The standard InChI is InChI=1S/C15H22N4O/c1-12(2)20-14-6-4-5-13(9-14)10-16-8-7-15-18-17-11-19(15)3/h4-6,9,11-12,16H,7-8,10H2,1-3H3. The fourth-order valence-electron chi connectivity index (χ4n) is 1.97. The van der Waals surface area contributed by atoms with Crippen molar-refractivity contribution in [2.75, 3.05) is 6.54 Å². The van der Waals surface area contributed by atoms with Crippen molar-refractivity contribution in [3.05, 3.63) is 42.0 Å². The van der Waals surface area contributed by atoms with E-state index >= 15 is 0 Å². The number of hydrogen-bond donors (Lipinski definition) is 1. The number of hydrogen-bond acceptors (Lipinski definition) is 4. The first-order chi connectivity index (χ1) is 9.65. The maximum absolute atomic E-state index is 5.69. The Morgan fingerprint density at radius 3 is 2.90 bits per heavy atom. The minimum atomic E-state index is 0.203. The van der Waals surface area contributed by atoms with Crippen LogP contribution < -0.4 is 10.1 Å². The highest BCUT2D eigenvalue weighted by atomic mass is 16.5. The van der Waals surface area contributed by atoms with Gasteiger partial charge in [-0.1, -0.05) is 12.1 Å². The van der Waals surface area contributed by atoms with Gasteiger partial charge >= 0.3 is 0 Å². The molecule has 0 saturated heterocycles. The molecule has 0 fully saturated rings. The van der Waals surface area contributed by atoms with Crippen LogP contribution in [0.15, 0.2) is 30.6 Å². The number of aryl methyl sites for hydroxylation is 1. The largest absolute Gasteiger partial charge is 0.491 e. The second-order valence-electron chi connectivity index (χ2n) is 5.10. The Labute approximate surface area is 120 Å². The summed E-state index contributed by atoms with van der Waals surface area (Å²) >= 11 is 0. The molecule has 1 heterocycles. The zero-order valence-corrected chi connectivity index (χ0v) is 12.3. The lowest BCUT2D eigenvalue weighted by Gasteiger charge is -2.11. The van der Waals surface area contributed by atoms with Crippen LogP contribution in [0.25, 0.3) is 0 Å². The van der Waals surface area contributed by atoms with Crippen LogP contribution in [0.4, 0.5) is 0 Å². The average molecular weight is 274 g/mol. The summed E-state index contributed by atoms with van der Waals surface area (Å²) in [7, 11) is 1.96. The molecule has 0 aliphatic heterocycles. The first-order valence-electron chi connectivity index (χ1n) is 6.94. The van der Waals surface area contributed by atoms with Crippen LogP contribution in [0.5, 0.6) is 5.75 Å². The van der Waals surface area contributed by atoms with E-state index in [1.165, 1.54) is 5.56 Å². The molecular formula is C15H22N4O. The van der Waals surface area contributed by atoms with Gasteiger partial charge < -0.3 is 14.6 Å². The van der Waals surface area contributed by atoms with Gasteiger partial charge in [0.05, 0.1) is 6.10 Å². The number of ether oxygens (including phenoxy) is 1. The Kier molecular flexibility index (Phi) is 5.12. The zero-order chi connectivity index (χ0) is 14.4. The fraction of sp³-hybridized carbons (Fsp3) is 0.467. The molecule has 1 N–H and O–H groups in total. The van der Waals surface area contributed by atoms with E-state index in [0.29, 0.717) is 0 Å². The predicted molar refractivity (Wildman–Crippen MR) is 78.6 cm³/mol. The van der Waals surface area contributed by atoms with Gasteiger partial charge in [-0.3, -0.25) is 0 Å². The van der Waals surface area contributed by atoms with Crippen molar-refractivity contribution in [1.82, 2.24) is 20.1 Å². The first-order valence-corrected chi connectivity index (χ1v) is 6.94. The van der Waals surface area contributed by atoms with E-state index in [1.807, 2.05) is 37.6 Å². The summed E-state index contributed by atoms with van der Waals surface area (Å²) in [5.74, 6) is 1.92. The summed E-state index contributed by atoms with van der Waals surface area (Å²) in [6, 6.07) is 8.19. The van der Waals surface area contributed by atoms with E-state index < -0.39 is 0 Å². The van der Waals surface area contributed by atoms with E-state index in [2.05, 4.69) is 27.6 Å². The van der Waals surface area contributed by atoms with Gasteiger partial charge in [-0.05, 0) is 31.5 Å². The third kappa shape index (κ3) is 4.35. The van der Waals surface area contributed by atoms with Crippen LogP contribution in [-0.2, 0) is 20.0 Å². The molecule has 0 radical (unpaired) electrons. The zero-order valence-electron chi connectivity index (χ0n) is 12.3. The topological polar surface area (TPSA) is 52.0 Å².